The van der Waals surface area contributed by atoms with Crippen molar-refractivity contribution in [2.45, 2.75) is 65.5 Å². The van der Waals surface area contributed by atoms with Gasteiger partial charge < -0.3 is 9.72 Å². The normalized spacial score (nSPS) is 18.9. The van der Waals surface area contributed by atoms with E-state index >= 15 is 0 Å². The molecule has 0 radical (unpaired) electrons. The highest BCUT2D eigenvalue weighted by atomic mass is 16.6. The van der Waals surface area contributed by atoms with Crippen LogP contribution in [0.3, 0.4) is 0 Å². The number of carbonyl (C=O) groups is 1. The predicted octanol–water partition coefficient (Wildman–Crippen LogP) is 4.64. The Morgan fingerprint density at radius 2 is 2.04 bits per heavy atom. The fourth-order valence-corrected chi connectivity index (χ4v) is 3.43. The maximum Gasteiger partial charge on any atom is 0.410 e. The monoisotopic (exact) mass is 329 g/mol. The van der Waals surface area contributed by atoms with Crippen molar-refractivity contribution in [1.82, 2.24) is 14.9 Å². The number of piperidine rings is 1. The van der Waals surface area contributed by atoms with Gasteiger partial charge in [0.05, 0.1) is 17.1 Å². The summed E-state index contributed by atoms with van der Waals surface area (Å²) < 4.78 is 5.60. The summed E-state index contributed by atoms with van der Waals surface area (Å²) in [7, 11) is 0. The van der Waals surface area contributed by atoms with Gasteiger partial charge in [-0.05, 0) is 71.6 Å². The lowest BCUT2D eigenvalue weighted by Crippen LogP contribution is -2.42. The number of likely N-dealkylation sites (tertiary alicyclic amines) is 1. The molecule has 3 rings (SSSR count). The maximum atomic E-state index is 12.6. The van der Waals surface area contributed by atoms with Crippen LogP contribution in [0, 0.1) is 13.8 Å². The van der Waals surface area contributed by atoms with Gasteiger partial charge in [-0.1, -0.05) is 0 Å². The van der Waals surface area contributed by atoms with Gasteiger partial charge in [0.2, 0.25) is 0 Å². The summed E-state index contributed by atoms with van der Waals surface area (Å²) in [6.45, 7) is 10.5. The molecular formula is C19H27N3O2. The number of nitrogens with one attached hydrogen (secondary N) is 1. The summed E-state index contributed by atoms with van der Waals surface area (Å²) in [5, 5.41) is 0. The number of hydrogen-bond acceptors (Lipinski definition) is 3. The highest BCUT2D eigenvalue weighted by Gasteiger charge is 2.32. The van der Waals surface area contributed by atoms with Gasteiger partial charge >= 0.3 is 6.09 Å². The minimum Gasteiger partial charge on any atom is -0.444 e. The molecule has 1 aliphatic rings. The second-order valence-electron chi connectivity index (χ2n) is 7.75. The van der Waals surface area contributed by atoms with Crippen molar-refractivity contribution < 1.29 is 9.53 Å². The molecule has 1 N–H and O–H groups in total. The molecule has 1 unspecified atom stereocenters. The molecule has 0 saturated carbocycles. The minimum atomic E-state index is -0.477. The Morgan fingerprint density at radius 1 is 1.29 bits per heavy atom. The van der Waals surface area contributed by atoms with Crippen molar-refractivity contribution >= 4 is 17.1 Å². The Kier molecular flexibility index (Phi) is 4.28. The molecule has 1 aliphatic heterocycles. The lowest BCUT2D eigenvalue weighted by Gasteiger charge is -2.36. The van der Waals surface area contributed by atoms with Crippen molar-refractivity contribution in [2.24, 2.45) is 0 Å². The van der Waals surface area contributed by atoms with E-state index in [1.807, 2.05) is 32.6 Å². The molecule has 0 aliphatic carbocycles. The van der Waals surface area contributed by atoms with Gasteiger partial charge in [0.15, 0.2) is 0 Å². The first kappa shape index (κ1) is 16.8. The summed E-state index contributed by atoms with van der Waals surface area (Å²) in [4.78, 5) is 22.6. The Hall–Kier alpha value is -2.04. The predicted molar refractivity (Wildman–Crippen MR) is 95.1 cm³/mol. The smallest absolute Gasteiger partial charge is 0.410 e. The molecular weight excluding hydrogens is 302 g/mol. The second-order valence-corrected chi connectivity index (χ2v) is 7.75. The van der Waals surface area contributed by atoms with Crippen molar-refractivity contribution in [3.8, 4) is 0 Å². The fraction of sp³-hybridized carbons (Fsp3) is 0.579. The molecule has 5 nitrogen and oxygen atoms in total. The van der Waals surface area contributed by atoms with Crippen LogP contribution in [0.15, 0.2) is 12.1 Å². The van der Waals surface area contributed by atoms with Gasteiger partial charge in [-0.3, -0.25) is 9.88 Å². The number of ether oxygens (including phenoxy) is 1. The Balaban J connectivity index is 1.93. The van der Waals surface area contributed by atoms with Gasteiger partial charge in [0, 0.05) is 17.9 Å². The summed E-state index contributed by atoms with van der Waals surface area (Å²) in [6, 6.07) is 4.19. The Morgan fingerprint density at radius 3 is 2.75 bits per heavy atom. The third-order valence-electron chi connectivity index (χ3n) is 4.42. The summed E-state index contributed by atoms with van der Waals surface area (Å²) in [6.07, 6.45) is 2.85. The summed E-state index contributed by atoms with van der Waals surface area (Å²) >= 11 is 0. The average molecular weight is 329 g/mol. The lowest BCUT2D eigenvalue weighted by atomic mass is 10.00. The number of hydrogen-bond donors (Lipinski definition) is 1. The second kappa shape index (κ2) is 6.11. The van der Waals surface area contributed by atoms with Crippen molar-refractivity contribution in [3.63, 3.8) is 0 Å². The molecule has 2 aromatic heterocycles. The number of carbonyl (C=O) groups excluding carboxylic acids is 1. The third kappa shape index (κ3) is 3.40. The number of fused-ring (bicyclic) bond motifs is 1. The Bertz CT molecular complexity index is 758. The van der Waals surface area contributed by atoms with E-state index in [1.54, 1.807) is 0 Å². The molecule has 0 aromatic carbocycles. The lowest BCUT2D eigenvalue weighted by molar-refractivity contribution is 0.00908. The van der Waals surface area contributed by atoms with Gasteiger partial charge in [-0.2, -0.15) is 0 Å². The summed E-state index contributed by atoms with van der Waals surface area (Å²) in [5.74, 6) is 0. The van der Waals surface area contributed by atoms with Gasteiger partial charge in [0.25, 0.3) is 0 Å². The van der Waals surface area contributed by atoms with Crippen LogP contribution in [0.5, 0.6) is 0 Å². The summed E-state index contributed by atoms with van der Waals surface area (Å²) in [5.41, 5.74) is 4.80. The SMILES string of the molecule is Cc1cc(C)c2[nH]c(C3CCCCN3C(=O)OC(C)(C)C)cc2n1. The highest BCUT2D eigenvalue weighted by molar-refractivity contribution is 5.80. The van der Waals surface area contributed by atoms with Crippen LogP contribution in [0.1, 0.15) is 63.0 Å². The molecule has 1 amide bonds. The molecule has 0 spiro atoms. The molecule has 0 bridgehead atoms. The molecule has 3 heterocycles. The maximum absolute atomic E-state index is 12.6. The standard InChI is InChI=1S/C19H27N3O2/c1-12-10-13(2)20-15-11-14(21-17(12)15)16-8-6-7-9-22(16)18(23)24-19(3,4)5/h10-11,16,21H,6-9H2,1-5H3. The third-order valence-corrected chi connectivity index (χ3v) is 4.42. The van der Waals surface area contributed by atoms with Gasteiger partial charge in [0.1, 0.15) is 5.60 Å². The zero-order valence-corrected chi connectivity index (χ0v) is 15.3. The molecule has 5 heteroatoms. The largest absolute Gasteiger partial charge is 0.444 e. The molecule has 24 heavy (non-hydrogen) atoms. The van der Waals surface area contributed by atoms with Crippen molar-refractivity contribution in [1.29, 1.82) is 0 Å². The number of amides is 1. The van der Waals surface area contributed by atoms with E-state index in [-0.39, 0.29) is 12.1 Å². The molecule has 2 aromatic rings. The van der Waals surface area contributed by atoms with Crippen LogP contribution >= 0.6 is 0 Å². The van der Waals surface area contributed by atoms with Crippen molar-refractivity contribution in [3.05, 3.63) is 29.1 Å². The molecule has 130 valence electrons. The number of aromatic amines is 1. The molecule has 1 fully saturated rings. The zero-order chi connectivity index (χ0) is 17.5. The van der Waals surface area contributed by atoms with Crippen LogP contribution in [0.25, 0.3) is 11.0 Å². The van der Waals surface area contributed by atoms with Crippen molar-refractivity contribution in [2.75, 3.05) is 6.54 Å². The Labute approximate surface area is 143 Å². The zero-order valence-electron chi connectivity index (χ0n) is 15.3. The first-order valence-electron chi connectivity index (χ1n) is 8.71. The number of nitrogens with zero attached hydrogens (tertiary/aromatic N) is 2. The first-order valence-corrected chi connectivity index (χ1v) is 8.71. The van der Waals surface area contributed by atoms with Crippen LogP contribution in [0.2, 0.25) is 0 Å². The van der Waals surface area contributed by atoms with E-state index in [1.165, 1.54) is 5.56 Å². The van der Waals surface area contributed by atoms with Crippen LogP contribution < -0.4 is 0 Å². The molecule has 1 atom stereocenters. The number of aromatic nitrogens is 2. The van der Waals surface area contributed by atoms with E-state index < -0.39 is 5.60 Å². The highest BCUT2D eigenvalue weighted by Crippen LogP contribution is 2.33. The number of H-pyrrole nitrogens is 1. The van der Waals surface area contributed by atoms with E-state index in [4.69, 9.17) is 4.74 Å². The van der Waals surface area contributed by atoms with Gasteiger partial charge in [-0.15, -0.1) is 0 Å². The molecule has 1 saturated heterocycles. The van der Waals surface area contributed by atoms with E-state index in [2.05, 4.69) is 29.0 Å². The van der Waals surface area contributed by atoms with Crippen LogP contribution in [-0.2, 0) is 4.74 Å². The average Bonchev–Trinajstić information content (AvgIpc) is 2.89. The number of aryl methyl sites for hydroxylation is 2. The topological polar surface area (TPSA) is 58.2 Å². The quantitative estimate of drug-likeness (QED) is 0.829. The van der Waals surface area contributed by atoms with E-state index in [9.17, 15) is 4.79 Å². The fourth-order valence-electron chi connectivity index (χ4n) is 3.43. The minimum absolute atomic E-state index is 0.0301. The number of rotatable bonds is 1. The van der Waals surface area contributed by atoms with E-state index in [0.717, 1.165) is 48.2 Å². The van der Waals surface area contributed by atoms with Crippen LogP contribution in [-0.4, -0.2) is 33.1 Å². The van der Waals surface area contributed by atoms with E-state index in [0.29, 0.717) is 0 Å². The number of pyridine rings is 1. The van der Waals surface area contributed by atoms with Crippen LogP contribution in [0.4, 0.5) is 4.79 Å². The first-order chi connectivity index (χ1) is 11.2. The van der Waals surface area contributed by atoms with Gasteiger partial charge in [-0.25, -0.2) is 4.79 Å².